The molecule has 21 heavy (non-hydrogen) atoms. The van der Waals surface area contributed by atoms with Crippen LogP contribution in [0.2, 0.25) is 0 Å². The third-order valence-corrected chi connectivity index (χ3v) is 5.45. The molecule has 1 aliphatic heterocycles. The van der Waals surface area contributed by atoms with Crippen LogP contribution in [0, 0.1) is 0 Å². The number of unbranched alkanes of at least 4 members (excludes halogenated alkanes) is 1. The molecule has 5 nitrogen and oxygen atoms in total. The Morgan fingerprint density at radius 2 is 2.05 bits per heavy atom. The van der Waals surface area contributed by atoms with E-state index in [2.05, 4.69) is 17.6 Å². The summed E-state index contributed by atoms with van der Waals surface area (Å²) >= 11 is 0. The fraction of sp³-hybridized carbons (Fsp3) is 0.600. The van der Waals surface area contributed by atoms with Crippen LogP contribution in [0.25, 0.3) is 0 Å². The zero-order valence-electron chi connectivity index (χ0n) is 12.6. The minimum atomic E-state index is -2.97. The van der Waals surface area contributed by atoms with Gasteiger partial charge in [0.05, 0.1) is 24.7 Å². The predicted molar refractivity (Wildman–Crippen MR) is 85.8 cm³/mol. The van der Waals surface area contributed by atoms with Gasteiger partial charge in [-0.15, -0.1) is 0 Å². The SMILES string of the molecule is CCCCNC1CS(=O)(=O)CC1Nc1cccc(OC)c1. The summed E-state index contributed by atoms with van der Waals surface area (Å²) in [6, 6.07) is 7.44. The molecule has 1 aromatic rings. The maximum atomic E-state index is 11.9. The van der Waals surface area contributed by atoms with Gasteiger partial charge in [-0.05, 0) is 25.1 Å². The molecule has 2 rings (SSSR count). The molecule has 118 valence electrons. The summed E-state index contributed by atoms with van der Waals surface area (Å²) in [5.74, 6) is 1.14. The zero-order valence-corrected chi connectivity index (χ0v) is 13.4. The van der Waals surface area contributed by atoms with Crippen LogP contribution in [0.1, 0.15) is 19.8 Å². The van der Waals surface area contributed by atoms with Gasteiger partial charge in [-0.1, -0.05) is 19.4 Å². The van der Waals surface area contributed by atoms with Gasteiger partial charge in [0.15, 0.2) is 9.84 Å². The Hall–Kier alpha value is -1.27. The van der Waals surface area contributed by atoms with Crippen molar-refractivity contribution in [1.82, 2.24) is 5.32 Å². The van der Waals surface area contributed by atoms with E-state index >= 15 is 0 Å². The molecule has 0 aliphatic carbocycles. The second-order valence-electron chi connectivity index (χ2n) is 5.47. The Kier molecular flexibility index (Phi) is 5.47. The summed E-state index contributed by atoms with van der Waals surface area (Å²) in [6.07, 6.45) is 2.16. The maximum Gasteiger partial charge on any atom is 0.153 e. The van der Waals surface area contributed by atoms with Gasteiger partial charge in [0.1, 0.15) is 5.75 Å². The first kappa shape index (κ1) is 16.1. The Morgan fingerprint density at radius 3 is 2.76 bits per heavy atom. The van der Waals surface area contributed by atoms with Crippen molar-refractivity contribution in [1.29, 1.82) is 0 Å². The molecule has 1 fully saturated rings. The molecule has 6 heteroatoms. The first-order valence-corrected chi connectivity index (χ1v) is 9.20. The average molecular weight is 312 g/mol. The van der Waals surface area contributed by atoms with Crippen LogP contribution in [0.3, 0.4) is 0 Å². The standard InChI is InChI=1S/C15H24N2O3S/c1-3-4-8-16-14-10-21(18,19)11-15(14)17-12-6-5-7-13(9-12)20-2/h5-7,9,14-17H,3-4,8,10-11H2,1-2H3. The summed E-state index contributed by atoms with van der Waals surface area (Å²) in [5, 5.41) is 6.69. The molecule has 2 N–H and O–H groups in total. The highest BCUT2D eigenvalue weighted by molar-refractivity contribution is 7.91. The van der Waals surface area contributed by atoms with Crippen molar-refractivity contribution in [3.63, 3.8) is 0 Å². The Balaban J connectivity index is 2.04. The van der Waals surface area contributed by atoms with Crippen LogP contribution in [0.15, 0.2) is 24.3 Å². The maximum absolute atomic E-state index is 11.9. The quantitative estimate of drug-likeness (QED) is 0.750. The number of ether oxygens (including phenoxy) is 1. The van der Waals surface area contributed by atoms with Crippen LogP contribution in [0.5, 0.6) is 5.75 Å². The molecular weight excluding hydrogens is 288 g/mol. The van der Waals surface area contributed by atoms with Crippen LogP contribution < -0.4 is 15.4 Å². The average Bonchev–Trinajstić information content (AvgIpc) is 2.73. The van der Waals surface area contributed by atoms with E-state index in [-0.39, 0.29) is 23.6 Å². The number of anilines is 1. The van der Waals surface area contributed by atoms with Crippen molar-refractivity contribution < 1.29 is 13.2 Å². The van der Waals surface area contributed by atoms with Crippen LogP contribution in [0.4, 0.5) is 5.69 Å². The van der Waals surface area contributed by atoms with E-state index in [1.165, 1.54) is 0 Å². The third-order valence-electron chi connectivity index (χ3n) is 3.71. The summed E-state index contributed by atoms with van der Waals surface area (Å²) in [6.45, 7) is 2.98. The number of nitrogens with one attached hydrogen (secondary N) is 2. The zero-order chi connectivity index (χ0) is 15.3. The number of sulfone groups is 1. The van der Waals surface area contributed by atoms with Gasteiger partial charge in [-0.2, -0.15) is 0 Å². The Bertz CT molecular complexity index is 560. The van der Waals surface area contributed by atoms with E-state index < -0.39 is 9.84 Å². The minimum absolute atomic E-state index is 0.0345. The molecule has 0 radical (unpaired) electrons. The van der Waals surface area contributed by atoms with Gasteiger partial charge >= 0.3 is 0 Å². The van der Waals surface area contributed by atoms with Gasteiger partial charge in [0.2, 0.25) is 0 Å². The number of hydrogen-bond acceptors (Lipinski definition) is 5. The van der Waals surface area contributed by atoms with Crippen LogP contribution >= 0.6 is 0 Å². The molecule has 1 heterocycles. The highest BCUT2D eigenvalue weighted by atomic mass is 32.2. The number of hydrogen-bond donors (Lipinski definition) is 2. The molecule has 0 amide bonds. The lowest BCUT2D eigenvalue weighted by molar-refractivity contribution is 0.415. The molecular formula is C15H24N2O3S. The molecule has 0 aromatic heterocycles. The molecule has 0 spiro atoms. The monoisotopic (exact) mass is 312 g/mol. The second kappa shape index (κ2) is 7.13. The lowest BCUT2D eigenvalue weighted by atomic mass is 10.1. The first-order chi connectivity index (χ1) is 10.0. The lowest BCUT2D eigenvalue weighted by Crippen LogP contribution is -2.43. The van der Waals surface area contributed by atoms with Crippen molar-refractivity contribution >= 4 is 15.5 Å². The van der Waals surface area contributed by atoms with E-state index in [1.54, 1.807) is 7.11 Å². The van der Waals surface area contributed by atoms with Crippen LogP contribution in [-0.2, 0) is 9.84 Å². The molecule has 2 unspecified atom stereocenters. The van der Waals surface area contributed by atoms with Gasteiger partial charge in [-0.25, -0.2) is 8.42 Å². The molecule has 1 aromatic carbocycles. The molecule has 2 atom stereocenters. The minimum Gasteiger partial charge on any atom is -0.497 e. The summed E-state index contributed by atoms with van der Waals surface area (Å²) < 4.78 is 29.0. The molecule has 1 aliphatic rings. The number of rotatable bonds is 7. The Labute approximate surface area is 127 Å². The summed E-state index contributed by atoms with van der Waals surface area (Å²) in [7, 11) is -1.35. The fourth-order valence-electron chi connectivity index (χ4n) is 2.58. The van der Waals surface area contributed by atoms with E-state index in [0.29, 0.717) is 0 Å². The largest absolute Gasteiger partial charge is 0.497 e. The van der Waals surface area contributed by atoms with Gasteiger partial charge in [0.25, 0.3) is 0 Å². The van der Waals surface area contributed by atoms with E-state index in [0.717, 1.165) is 30.8 Å². The summed E-state index contributed by atoms with van der Waals surface area (Å²) in [4.78, 5) is 0. The van der Waals surface area contributed by atoms with E-state index in [9.17, 15) is 8.42 Å². The number of methoxy groups -OCH3 is 1. The van der Waals surface area contributed by atoms with Crippen molar-refractivity contribution in [2.45, 2.75) is 31.8 Å². The van der Waals surface area contributed by atoms with Crippen LogP contribution in [-0.4, -0.2) is 45.7 Å². The fourth-order valence-corrected chi connectivity index (χ4v) is 4.48. The van der Waals surface area contributed by atoms with Gasteiger partial charge in [0, 0.05) is 17.8 Å². The second-order valence-corrected chi connectivity index (χ2v) is 7.63. The normalized spacial score (nSPS) is 23.9. The predicted octanol–water partition coefficient (Wildman–Crippen LogP) is 1.66. The number of benzene rings is 1. The topological polar surface area (TPSA) is 67.4 Å². The molecule has 0 bridgehead atoms. The third kappa shape index (κ3) is 4.61. The highest BCUT2D eigenvalue weighted by Crippen LogP contribution is 2.21. The molecule has 0 saturated carbocycles. The Morgan fingerprint density at radius 1 is 1.29 bits per heavy atom. The van der Waals surface area contributed by atoms with Crippen molar-refractivity contribution in [2.24, 2.45) is 0 Å². The van der Waals surface area contributed by atoms with Gasteiger partial charge < -0.3 is 15.4 Å². The smallest absolute Gasteiger partial charge is 0.153 e. The van der Waals surface area contributed by atoms with E-state index in [1.807, 2.05) is 24.3 Å². The molecule has 1 saturated heterocycles. The highest BCUT2D eigenvalue weighted by Gasteiger charge is 2.37. The summed E-state index contributed by atoms with van der Waals surface area (Å²) in [5.41, 5.74) is 0.888. The van der Waals surface area contributed by atoms with Crippen molar-refractivity contribution in [3.05, 3.63) is 24.3 Å². The first-order valence-electron chi connectivity index (χ1n) is 7.38. The van der Waals surface area contributed by atoms with Crippen molar-refractivity contribution in [3.8, 4) is 5.75 Å². The van der Waals surface area contributed by atoms with Crippen molar-refractivity contribution in [2.75, 3.05) is 30.5 Å². The lowest BCUT2D eigenvalue weighted by Gasteiger charge is -2.22. The van der Waals surface area contributed by atoms with Gasteiger partial charge in [-0.3, -0.25) is 0 Å². The van der Waals surface area contributed by atoms with E-state index in [4.69, 9.17) is 4.74 Å².